The normalized spacial score (nSPS) is 11.6. The van der Waals surface area contributed by atoms with Gasteiger partial charge in [-0.05, 0) is 156 Å². The molecule has 8 heteroatoms. The van der Waals surface area contributed by atoms with Crippen LogP contribution in [0.25, 0.3) is 78.7 Å². The fourth-order valence-corrected chi connectivity index (χ4v) is 9.35. The average molecular weight is 935 g/mol. The van der Waals surface area contributed by atoms with Crippen LogP contribution >= 0.6 is 0 Å². The maximum atomic E-state index is 6.22. The number of rotatable bonds is 12. The fourth-order valence-electron chi connectivity index (χ4n) is 9.35. The summed E-state index contributed by atoms with van der Waals surface area (Å²) >= 11 is 0. The number of hydrogen-bond donors (Lipinski definition) is 0. The number of hydrogen-bond acceptors (Lipinski definition) is 8. The summed E-state index contributed by atoms with van der Waals surface area (Å²) in [5.41, 5.74) is 18.9. The van der Waals surface area contributed by atoms with Crippen LogP contribution in [0.5, 0.6) is 0 Å². The number of fused-ring (bicyclic) bond motifs is 3. The van der Waals surface area contributed by atoms with Crippen molar-refractivity contribution in [3.8, 4) is 45.4 Å². The van der Waals surface area contributed by atoms with E-state index in [4.69, 9.17) is 28.8 Å². The van der Waals surface area contributed by atoms with Crippen LogP contribution in [0.15, 0.2) is 227 Å². The molecule has 0 aliphatic heterocycles. The second-order valence-corrected chi connectivity index (χ2v) is 18.7. The summed E-state index contributed by atoms with van der Waals surface area (Å²) in [6.07, 6.45) is 0. The minimum Gasteiger partial charge on any atom is -0.436 e. The van der Waals surface area contributed by atoms with Gasteiger partial charge in [-0.3, -0.25) is 0 Å². The van der Waals surface area contributed by atoms with Crippen LogP contribution in [0.3, 0.4) is 0 Å². The largest absolute Gasteiger partial charge is 0.436 e. The quantitative estimate of drug-likeness (QED) is 0.120. The highest BCUT2D eigenvalue weighted by atomic mass is 16.4. The first-order valence-corrected chi connectivity index (χ1v) is 24.5. The number of para-hydroxylation sites is 4. The third-order valence-electron chi connectivity index (χ3n) is 13.3. The number of aromatic nitrogens is 4. The lowest BCUT2D eigenvalue weighted by Crippen LogP contribution is -2.10. The van der Waals surface area contributed by atoms with Crippen LogP contribution in [0, 0.1) is 0 Å². The highest BCUT2D eigenvalue weighted by Crippen LogP contribution is 2.41. The molecule has 0 amide bonds. The number of nitrogens with zero attached hydrogens (tertiary/aromatic N) is 6. The second-order valence-electron chi connectivity index (χ2n) is 18.7. The van der Waals surface area contributed by atoms with Gasteiger partial charge in [0.25, 0.3) is 0 Å². The van der Waals surface area contributed by atoms with Crippen molar-refractivity contribution in [2.75, 3.05) is 9.80 Å². The molecule has 0 bridgehead atoms. The summed E-state index contributed by atoms with van der Waals surface area (Å²) in [4.78, 5) is 24.8. The van der Waals surface area contributed by atoms with Crippen molar-refractivity contribution in [3.63, 3.8) is 0 Å². The van der Waals surface area contributed by atoms with Gasteiger partial charge in [-0.15, -0.1) is 0 Å². The summed E-state index contributed by atoms with van der Waals surface area (Å²) in [6, 6.07) is 75.4. The lowest BCUT2D eigenvalue weighted by Gasteiger charge is -2.26. The van der Waals surface area contributed by atoms with Crippen molar-refractivity contribution in [2.24, 2.45) is 0 Å². The Bertz CT molecular complexity index is 3590. The Morgan fingerprint density at radius 2 is 0.625 bits per heavy atom. The topological polar surface area (TPSA) is 84.3 Å². The van der Waals surface area contributed by atoms with E-state index >= 15 is 0 Å². The summed E-state index contributed by atoms with van der Waals surface area (Å²) in [7, 11) is 0. The van der Waals surface area contributed by atoms with Crippen molar-refractivity contribution in [3.05, 3.63) is 230 Å². The molecule has 12 aromatic rings. The minimum absolute atomic E-state index is 0.411. The maximum absolute atomic E-state index is 6.22. The molecule has 0 fully saturated rings. The molecule has 8 nitrogen and oxygen atoms in total. The summed E-state index contributed by atoms with van der Waals surface area (Å²) in [5.74, 6) is 2.03. The van der Waals surface area contributed by atoms with Gasteiger partial charge in [0.05, 0.1) is 22.4 Å². The molecule has 72 heavy (non-hydrogen) atoms. The zero-order valence-electron chi connectivity index (χ0n) is 40.4. The molecule has 3 heterocycles. The Morgan fingerprint density at radius 1 is 0.306 bits per heavy atom. The van der Waals surface area contributed by atoms with Crippen LogP contribution in [-0.4, -0.2) is 19.9 Å². The molecule has 0 saturated carbocycles. The van der Waals surface area contributed by atoms with E-state index in [0.717, 1.165) is 101 Å². The summed E-state index contributed by atoms with van der Waals surface area (Å²) < 4.78 is 12.4. The number of oxazole rings is 2. The molecule has 0 unspecified atom stereocenters. The van der Waals surface area contributed by atoms with Crippen molar-refractivity contribution in [2.45, 2.75) is 39.5 Å². The van der Waals surface area contributed by atoms with Crippen LogP contribution in [0.2, 0.25) is 0 Å². The molecule has 12 rings (SSSR count). The minimum atomic E-state index is 0.411. The molecule has 0 aliphatic rings. The zero-order valence-corrected chi connectivity index (χ0v) is 40.4. The predicted octanol–water partition coefficient (Wildman–Crippen LogP) is 17.8. The van der Waals surface area contributed by atoms with Crippen molar-refractivity contribution >= 4 is 67.4 Å². The maximum Gasteiger partial charge on any atom is 0.227 e. The standard InChI is InChI=1S/C64H50N6O2/c1-41(2)47-27-37-59-57(39-47)67-63(71-59)45-23-33-53(34-24-45)69(49-13-7-5-8-14-49)51-29-19-43(20-30-51)61-62(66-56-18-12-11-17-55(56)65-61)44-21-31-52(32-22-44)70(50-15-9-6-10-16-50)54-35-25-46(26-36-54)64-68-58-40-48(42(3)4)28-38-60(58)72-64/h5-42H,1-4H3. The van der Waals surface area contributed by atoms with Gasteiger partial charge in [0, 0.05) is 56.4 Å². The van der Waals surface area contributed by atoms with Crippen LogP contribution in [0.1, 0.15) is 50.7 Å². The summed E-state index contributed by atoms with van der Waals surface area (Å²) in [6.45, 7) is 8.75. The Morgan fingerprint density at radius 3 is 0.972 bits per heavy atom. The Hall–Kier alpha value is -9.14. The fraction of sp³-hybridized carbons (Fsp3) is 0.0938. The smallest absolute Gasteiger partial charge is 0.227 e. The van der Waals surface area contributed by atoms with E-state index in [1.165, 1.54) is 11.1 Å². The lowest BCUT2D eigenvalue weighted by molar-refractivity contribution is 0.619. The van der Waals surface area contributed by atoms with E-state index < -0.39 is 0 Å². The van der Waals surface area contributed by atoms with Crippen LogP contribution in [-0.2, 0) is 0 Å². The van der Waals surface area contributed by atoms with Crippen molar-refractivity contribution in [1.29, 1.82) is 0 Å². The third-order valence-corrected chi connectivity index (χ3v) is 13.3. The van der Waals surface area contributed by atoms with Gasteiger partial charge in [0.1, 0.15) is 11.0 Å². The monoisotopic (exact) mass is 934 g/mol. The van der Waals surface area contributed by atoms with E-state index in [-0.39, 0.29) is 0 Å². The van der Waals surface area contributed by atoms with Gasteiger partial charge in [-0.25, -0.2) is 19.9 Å². The highest BCUT2D eigenvalue weighted by Gasteiger charge is 2.20. The Kier molecular flexibility index (Phi) is 11.4. The predicted molar refractivity (Wildman–Crippen MR) is 294 cm³/mol. The van der Waals surface area contributed by atoms with Gasteiger partial charge < -0.3 is 18.6 Å². The molecule has 0 spiro atoms. The van der Waals surface area contributed by atoms with Gasteiger partial charge in [-0.1, -0.05) is 113 Å². The zero-order chi connectivity index (χ0) is 48.7. The Labute approximate surface area is 418 Å². The van der Waals surface area contributed by atoms with E-state index in [1.807, 2.05) is 48.5 Å². The Balaban J connectivity index is 0.863. The van der Waals surface area contributed by atoms with E-state index in [2.05, 4.69) is 207 Å². The molecule has 0 aliphatic carbocycles. The van der Waals surface area contributed by atoms with Crippen LogP contribution in [0.4, 0.5) is 34.1 Å². The number of anilines is 6. The molecular formula is C64H50N6O2. The molecule has 0 N–H and O–H groups in total. The second kappa shape index (κ2) is 18.6. The van der Waals surface area contributed by atoms with E-state index in [0.29, 0.717) is 23.6 Å². The highest BCUT2D eigenvalue weighted by molar-refractivity contribution is 5.89. The average Bonchev–Trinajstić information content (AvgIpc) is 4.07. The first-order valence-electron chi connectivity index (χ1n) is 24.5. The van der Waals surface area contributed by atoms with Gasteiger partial charge in [-0.2, -0.15) is 0 Å². The molecule has 0 saturated heterocycles. The van der Waals surface area contributed by atoms with Gasteiger partial charge in [0.15, 0.2) is 11.2 Å². The molecule has 348 valence electrons. The van der Waals surface area contributed by atoms with E-state index in [1.54, 1.807) is 0 Å². The molecule has 9 aromatic carbocycles. The third kappa shape index (κ3) is 8.53. The van der Waals surface area contributed by atoms with Gasteiger partial charge >= 0.3 is 0 Å². The molecular weight excluding hydrogens is 885 g/mol. The van der Waals surface area contributed by atoms with Crippen LogP contribution < -0.4 is 9.80 Å². The van der Waals surface area contributed by atoms with Crippen molar-refractivity contribution in [1.82, 2.24) is 19.9 Å². The first-order chi connectivity index (χ1) is 35.3. The lowest BCUT2D eigenvalue weighted by atomic mass is 10.0. The van der Waals surface area contributed by atoms with Crippen molar-refractivity contribution < 1.29 is 8.83 Å². The van der Waals surface area contributed by atoms with E-state index in [9.17, 15) is 0 Å². The molecule has 0 atom stereocenters. The molecule has 0 radical (unpaired) electrons. The summed E-state index contributed by atoms with van der Waals surface area (Å²) in [5, 5.41) is 0. The van der Waals surface area contributed by atoms with Gasteiger partial charge in [0.2, 0.25) is 11.8 Å². The first kappa shape index (κ1) is 44.1. The molecule has 3 aromatic heterocycles. The number of benzene rings is 9. The SMILES string of the molecule is CC(C)c1ccc2oc(-c3ccc(N(c4ccccc4)c4ccc(-c5nc6ccccc6nc5-c5ccc(N(c6ccccc6)c6ccc(-c7nc8cc(C(C)C)ccc8o7)cc6)cc5)cc4)cc3)nc2c1.